The number of carbonyl (C=O) groups is 4. The molecule has 0 atom stereocenters. The van der Waals surface area contributed by atoms with E-state index in [1.165, 1.54) is 0 Å². The van der Waals surface area contributed by atoms with Crippen LogP contribution in [0.2, 0.25) is 0 Å². The van der Waals surface area contributed by atoms with Crippen molar-refractivity contribution >= 4 is 23.9 Å². The third-order valence-corrected chi connectivity index (χ3v) is 1.89. The Kier molecular flexibility index (Phi) is 7.95. The second-order valence-corrected chi connectivity index (χ2v) is 4.34. The van der Waals surface area contributed by atoms with Crippen LogP contribution in [0.4, 0.5) is 0 Å². The van der Waals surface area contributed by atoms with E-state index < -0.39 is 37.5 Å². The number of carbonyl (C=O) groups excluding carboxylic acids is 4. The van der Waals surface area contributed by atoms with E-state index in [9.17, 15) is 19.2 Å². The average Bonchev–Trinajstić information content (AvgIpc) is 2.37. The Balaban J connectivity index is 3.85. The molecule has 0 aliphatic heterocycles. The summed E-state index contributed by atoms with van der Waals surface area (Å²) >= 11 is 0. The minimum Gasteiger partial charge on any atom is -0.428 e. The second kappa shape index (κ2) is 8.89. The molecule has 8 nitrogen and oxygen atoms in total. The normalized spacial score (nSPS) is 10.1. The lowest BCUT2D eigenvalue weighted by Gasteiger charge is -2.09. The summed E-state index contributed by atoms with van der Waals surface area (Å²) in [6.45, 7) is 5.03. The van der Waals surface area contributed by atoms with Crippen molar-refractivity contribution in [1.82, 2.24) is 0 Å². The van der Waals surface area contributed by atoms with Gasteiger partial charge in [0.2, 0.25) is 13.6 Å². The molecular weight excluding hydrogens is 272 g/mol. The molecule has 0 fully saturated rings. The summed E-state index contributed by atoms with van der Waals surface area (Å²) in [6.07, 6.45) is 0. The van der Waals surface area contributed by atoms with Crippen molar-refractivity contribution in [1.29, 1.82) is 0 Å². The van der Waals surface area contributed by atoms with Gasteiger partial charge in [-0.25, -0.2) is 9.59 Å². The highest BCUT2D eigenvalue weighted by Crippen LogP contribution is 1.98. The maximum absolute atomic E-state index is 11.1. The van der Waals surface area contributed by atoms with Crippen LogP contribution in [0.3, 0.4) is 0 Å². The molecular formula is C12H18O8. The summed E-state index contributed by atoms with van der Waals surface area (Å²) in [4.78, 5) is 44.2. The summed E-state index contributed by atoms with van der Waals surface area (Å²) in [5.74, 6) is -4.59. The average molecular weight is 290 g/mol. The minimum atomic E-state index is -1.35. The zero-order valence-corrected chi connectivity index (χ0v) is 11.8. The van der Waals surface area contributed by atoms with Crippen molar-refractivity contribution in [2.75, 3.05) is 13.6 Å². The van der Waals surface area contributed by atoms with Gasteiger partial charge in [-0.15, -0.1) is 0 Å². The van der Waals surface area contributed by atoms with Gasteiger partial charge >= 0.3 is 23.9 Å². The van der Waals surface area contributed by atoms with Gasteiger partial charge in [-0.2, -0.15) is 0 Å². The molecule has 0 saturated carbocycles. The van der Waals surface area contributed by atoms with Crippen LogP contribution in [0, 0.1) is 11.8 Å². The molecule has 0 unspecified atom stereocenters. The Bertz CT molecular complexity index is 336. The molecule has 0 spiro atoms. The van der Waals surface area contributed by atoms with Gasteiger partial charge in [0.05, 0.1) is 11.8 Å². The smallest absolute Gasteiger partial charge is 0.420 e. The van der Waals surface area contributed by atoms with Gasteiger partial charge in [0.15, 0.2) is 0 Å². The predicted molar refractivity (Wildman–Crippen MR) is 63.8 cm³/mol. The summed E-state index contributed by atoms with van der Waals surface area (Å²) in [5.41, 5.74) is 0. The van der Waals surface area contributed by atoms with Crippen LogP contribution in [0.1, 0.15) is 27.7 Å². The quantitative estimate of drug-likeness (QED) is 0.393. The van der Waals surface area contributed by atoms with Crippen molar-refractivity contribution in [3.63, 3.8) is 0 Å². The molecule has 8 heteroatoms. The van der Waals surface area contributed by atoms with Crippen LogP contribution in [-0.2, 0) is 38.1 Å². The molecule has 0 bridgehead atoms. The highest BCUT2D eigenvalue weighted by atomic mass is 16.7. The fourth-order valence-electron chi connectivity index (χ4n) is 0.733. The molecule has 0 N–H and O–H groups in total. The number of esters is 4. The lowest BCUT2D eigenvalue weighted by molar-refractivity contribution is -0.187. The zero-order valence-electron chi connectivity index (χ0n) is 11.8. The highest BCUT2D eigenvalue weighted by Gasteiger charge is 2.19. The highest BCUT2D eigenvalue weighted by molar-refractivity contribution is 6.29. The van der Waals surface area contributed by atoms with Gasteiger partial charge in [0.1, 0.15) is 0 Å². The van der Waals surface area contributed by atoms with Gasteiger partial charge in [-0.1, -0.05) is 27.7 Å². The predicted octanol–water partition coefficient (Wildman–Crippen LogP) is 0.386. The van der Waals surface area contributed by atoms with Crippen LogP contribution >= 0.6 is 0 Å². The largest absolute Gasteiger partial charge is 0.428 e. The number of rotatable bonds is 6. The van der Waals surface area contributed by atoms with Gasteiger partial charge in [-0.3, -0.25) is 9.59 Å². The summed E-state index contributed by atoms with van der Waals surface area (Å²) < 4.78 is 17.7. The third kappa shape index (κ3) is 7.34. The molecule has 0 saturated heterocycles. The van der Waals surface area contributed by atoms with Crippen molar-refractivity contribution in [2.24, 2.45) is 11.8 Å². The first kappa shape index (κ1) is 17.9. The van der Waals surface area contributed by atoms with Crippen molar-refractivity contribution in [3.05, 3.63) is 0 Å². The van der Waals surface area contributed by atoms with Crippen LogP contribution in [0.15, 0.2) is 0 Å². The second-order valence-electron chi connectivity index (χ2n) is 4.34. The van der Waals surface area contributed by atoms with E-state index in [4.69, 9.17) is 0 Å². The molecule has 20 heavy (non-hydrogen) atoms. The summed E-state index contributed by atoms with van der Waals surface area (Å²) in [6, 6.07) is 0. The first-order valence-corrected chi connectivity index (χ1v) is 5.92. The maximum atomic E-state index is 11.1. The van der Waals surface area contributed by atoms with Gasteiger partial charge in [0.25, 0.3) is 0 Å². The summed E-state index contributed by atoms with van der Waals surface area (Å²) in [5, 5.41) is 0. The maximum Gasteiger partial charge on any atom is 0.420 e. The summed E-state index contributed by atoms with van der Waals surface area (Å²) in [7, 11) is 0. The number of hydrogen-bond acceptors (Lipinski definition) is 8. The van der Waals surface area contributed by atoms with E-state index in [0.717, 1.165) is 0 Å². The zero-order chi connectivity index (χ0) is 15.7. The molecule has 0 aliphatic carbocycles. The first-order chi connectivity index (χ1) is 9.25. The van der Waals surface area contributed by atoms with Gasteiger partial charge in [0, 0.05) is 0 Å². The Morgan fingerprint density at radius 2 is 0.950 bits per heavy atom. The molecule has 114 valence electrons. The molecule has 0 aromatic rings. The minimum absolute atomic E-state index is 0.379. The molecule has 0 amide bonds. The Morgan fingerprint density at radius 1 is 0.650 bits per heavy atom. The van der Waals surface area contributed by atoms with Crippen molar-refractivity contribution in [3.8, 4) is 0 Å². The van der Waals surface area contributed by atoms with Crippen LogP contribution in [0.25, 0.3) is 0 Å². The molecule has 0 aliphatic rings. The lowest BCUT2D eigenvalue weighted by atomic mass is 10.2. The molecule has 0 aromatic carbocycles. The monoisotopic (exact) mass is 290 g/mol. The molecule has 0 radical (unpaired) electrons. The van der Waals surface area contributed by atoms with E-state index in [0.29, 0.717) is 0 Å². The topological polar surface area (TPSA) is 105 Å². The van der Waals surface area contributed by atoms with Crippen LogP contribution in [-0.4, -0.2) is 37.5 Å². The SMILES string of the molecule is CC(C)C(=O)OCOC(=O)C(=O)OCOC(=O)C(C)C. The Hall–Kier alpha value is -2.12. The van der Waals surface area contributed by atoms with Gasteiger partial charge < -0.3 is 18.9 Å². The Labute approximate surface area is 116 Å². The lowest BCUT2D eigenvalue weighted by Crippen LogP contribution is -2.25. The fourth-order valence-corrected chi connectivity index (χ4v) is 0.733. The van der Waals surface area contributed by atoms with Crippen LogP contribution < -0.4 is 0 Å². The fraction of sp³-hybridized carbons (Fsp3) is 0.667. The number of hydrogen-bond donors (Lipinski definition) is 0. The van der Waals surface area contributed by atoms with Crippen molar-refractivity contribution < 1.29 is 38.1 Å². The standard InChI is InChI=1S/C12H18O8/c1-7(2)9(13)17-5-19-11(15)12(16)20-6-18-10(14)8(3)4/h7-8H,5-6H2,1-4H3. The molecule has 0 rings (SSSR count). The van der Waals surface area contributed by atoms with Crippen LogP contribution in [0.5, 0.6) is 0 Å². The van der Waals surface area contributed by atoms with E-state index in [2.05, 4.69) is 18.9 Å². The van der Waals surface area contributed by atoms with E-state index in [1.807, 2.05) is 0 Å². The third-order valence-electron chi connectivity index (χ3n) is 1.89. The molecule has 0 aromatic heterocycles. The van der Waals surface area contributed by atoms with E-state index in [1.54, 1.807) is 27.7 Å². The van der Waals surface area contributed by atoms with Gasteiger partial charge in [-0.05, 0) is 0 Å². The number of ether oxygens (including phenoxy) is 4. The first-order valence-electron chi connectivity index (χ1n) is 5.92. The van der Waals surface area contributed by atoms with E-state index >= 15 is 0 Å². The Morgan fingerprint density at radius 3 is 1.20 bits per heavy atom. The van der Waals surface area contributed by atoms with E-state index in [-0.39, 0.29) is 11.8 Å². The molecule has 0 heterocycles. The van der Waals surface area contributed by atoms with Crippen molar-refractivity contribution in [2.45, 2.75) is 27.7 Å².